The van der Waals surface area contributed by atoms with Crippen LogP contribution in [0.5, 0.6) is 0 Å². The van der Waals surface area contributed by atoms with E-state index in [4.69, 9.17) is 16.7 Å². The molecule has 2 rings (SSSR count). The second-order valence-electron chi connectivity index (χ2n) is 4.42. The van der Waals surface area contributed by atoms with Crippen LogP contribution in [0.1, 0.15) is 28.9 Å². The average Bonchev–Trinajstić information content (AvgIpc) is 2.39. The summed E-state index contributed by atoms with van der Waals surface area (Å²) in [5.74, 6) is -1.03. The molecule has 0 saturated carbocycles. The average molecular weight is 355 g/mol. The van der Waals surface area contributed by atoms with Crippen LogP contribution in [-0.4, -0.2) is 11.1 Å². The summed E-state index contributed by atoms with van der Waals surface area (Å²) in [5.41, 5.74) is 2.02. The van der Waals surface area contributed by atoms with E-state index in [2.05, 4.69) is 21.2 Å². The molecular weight excluding hydrogens is 342 g/mol. The minimum atomic E-state index is -1.03. The third-order valence-corrected chi connectivity index (χ3v) is 3.79. The smallest absolute Gasteiger partial charge is 0.337 e. The first-order valence-electron chi connectivity index (χ1n) is 6.02. The van der Waals surface area contributed by atoms with Crippen LogP contribution in [0, 0.1) is 0 Å². The van der Waals surface area contributed by atoms with Gasteiger partial charge in [0.2, 0.25) is 0 Å². The molecule has 0 aromatic heterocycles. The Morgan fingerprint density at radius 1 is 1.25 bits per heavy atom. The predicted molar refractivity (Wildman–Crippen MR) is 84.6 cm³/mol. The number of halogens is 2. The van der Waals surface area contributed by atoms with Crippen LogP contribution in [0.25, 0.3) is 0 Å². The molecule has 3 nitrogen and oxygen atoms in total. The van der Waals surface area contributed by atoms with E-state index in [1.54, 1.807) is 12.1 Å². The van der Waals surface area contributed by atoms with Crippen LogP contribution >= 0.6 is 27.5 Å². The highest BCUT2D eigenvalue weighted by molar-refractivity contribution is 9.10. The van der Waals surface area contributed by atoms with Crippen LogP contribution in [0.3, 0.4) is 0 Å². The van der Waals surface area contributed by atoms with Crippen molar-refractivity contribution >= 4 is 39.2 Å². The molecule has 1 atom stereocenters. The topological polar surface area (TPSA) is 49.3 Å². The molecule has 20 heavy (non-hydrogen) atoms. The molecule has 0 aliphatic carbocycles. The largest absolute Gasteiger partial charge is 0.478 e. The van der Waals surface area contributed by atoms with Gasteiger partial charge in [-0.2, -0.15) is 0 Å². The van der Waals surface area contributed by atoms with Gasteiger partial charge >= 0.3 is 5.97 Å². The minimum absolute atomic E-state index is 0.0924. The standard InChI is InChI=1S/C15H13BrClNO2/c1-9(10-2-4-11(16)5-3-10)18-12-6-7-13(15(19)20)14(17)8-12/h2-9,18H,1H3,(H,19,20). The molecule has 104 valence electrons. The third kappa shape index (κ3) is 3.52. The van der Waals surface area contributed by atoms with Gasteiger partial charge in [-0.15, -0.1) is 0 Å². The maximum Gasteiger partial charge on any atom is 0.337 e. The lowest BCUT2D eigenvalue weighted by Gasteiger charge is -2.16. The van der Waals surface area contributed by atoms with Crippen molar-refractivity contribution in [2.75, 3.05) is 5.32 Å². The predicted octanol–water partition coefficient (Wildman–Crippen LogP) is 4.97. The first kappa shape index (κ1) is 14.9. The number of hydrogen-bond acceptors (Lipinski definition) is 2. The number of benzene rings is 2. The lowest BCUT2D eigenvalue weighted by molar-refractivity contribution is 0.0697. The van der Waals surface area contributed by atoms with Gasteiger partial charge in [0, 0.05) is 16.2 Å². The molecule has 5 heteroatoms. The molecule has 0 amide bonds. The zero-order chi connectivity index (χ0) is 14.7. The highest BCUT2D eigenvalue weighted by Gasteiger charge is 2.10. The van der Waals surface area contributed by atoms with Crippen LogP contribution in [-0.2, 0) is 0 Å². The highest BCUT2D eigenvalue weighted by Crippen LogP contribution is 2.25. The second-order valence-corrected chi connectivity index (χ2v) is 5.74. The summed E-state index contributed by atoms with van der Waals surface area (Å²) in [6, 6.07) is 12.9. The second kappa shape index (κ2) is 6.29. The summed E-state index contributed by atoms with van der Waals surface area (Å²) in [5, 5.41) is 12.5. The number of carbonyl (C=O) groups is 1. The molecule has 2 N–H and O–H groups in total. The van der Waals surface area contributed by atoms with E-state index in [1.165, 1.54) is 6.07 Å². The number of anilines is 1. The molecule has 1 unspecified atom stereocenters. The van der Waals surface area contributed by atoms with E-state index in [-0.39, 0.29) is 16.6 Å². The van der Waals surface area contributed by atoms with Crippen LogP contribution in [0.2, 0.25) is 5.02 Å². The van der Waals surface area contributed by atoms with Gasteiger partial charge in [-0.05, 0) is 42.8 Å². The quantitative estimate of drug-likeness (QED) is 0.814. The summed E-state index contributed by atoms with van der Waals surface area (Å²) in [6.07, 6.45) is 0. The highest BCUT2D eigenvalue weighted by atomic mass is 79.9. The van der Waals surface area contributed by atoms with Gasteiger partial charge in [-0.1, -0.05) is 39.7 Å². The number of nitrogens with one attached hydrogen (secondary N) is 1. The monoisotopic (exact) mass is 353 g/mol. The Kier molecular flexibility index (Phi) is 4.68. The molecular formula is C15H13BrClNO2. The van der Waals surface area contributed by atoms with Gasteiger partial charge in [0.1, 0.15) is 0 Å². The van der Waals surface area contributed by atoms with Crippen molar-refractivity contribution in [3.8, 4) is 0 Å². The summed E-state index contributed by atoms with van der Waals surface area (Å²) < 4.78 is 1.03. The fourth-order valence-electron chi connectivity index (χ4n) is 1.86. The van der Waals surface area contributed by atoms with E-state index in [0.717, 1.165) is 15.7 Å². The van der Waals surface area contributed by atoms with Crippen molar-refractivity contribution < 1.29 is 9.90 Å². The normalized spacial score (nSPS) is 11.9. The third-order valence-electron chi connectivity index (χ3n) is 2.95. The van der Waals surface area contributed by atoms with Gasteiger partial charge in [-0.25, -0.2) is 4.79 Å². The van der Waals surface area contributed by atoms with Gasteiger partial charge in [0.15, 0.2) is 0 Å². The first-order valence-corrected chi connectivity index (χ1v) is 7.19. The molecule has 0 spiro atoms. The summed E-state index contributed by atoms with van der Waals surface area (Å²) in [4.78, 5) is 10.9. The Morgan fingerprint density at radius 3 is 2.45 bits per heavy atom. The Hall–Kier alpha value is -1.52. The summed E-state index contributed by atoms with van der Waals surface area (Å²) in [6.45, 7) is 2.03. The van der Waals surface area contributed by atoms with Crippen LogP contribution < -0.4 is 5.32 Å². The maximum atomic E-state index is 10.9. The SMILES string of the molecule is CC(Nc1ccc(C(=O)O)c(Cl)c1)c1ccc(Br)cc1. The molecule has 0 saturated heterocycles. The maximum absolute atomic E-state index is 10.9. The van der Waals surface area contributed by atoms with Crippen LogP contribution in [0.4, 0.5) is 5.69 Å². The van der Waals surface area contributed by atoms with Gasteiger partial charge < -0.3 is 10.4 Å². The van der Waals surface area contributed by atoms with E-state index >= 15 is 0 Å². The van der Waals surface area contributed by atoms with Crippen molar-refractivity contribution in [2.24, 2.45) is 0 Å². The van der Waals surface area contributed by atoms with Gasteiger partial charge in [0.25, 0.3) is 0 Å². The lowest BCUT2D eigenvalue weighted by Crippen LogP contribution is -2.07. The Balaban J connectivity index is 2.15. The molecule has 2 aromatic rings. The Bertz CT molecular complexity index is 628. The van der Waals surface area contributed by atoms with E-state index in [0.29, 0.717) is 0 Å². The van der Waals surface area contributed by atoms with Crippen LogP contribution in [0.15, 0.2) is 46.9 Å². The zero-order valence-electron chi connectivity index (χ0n) is 10.7. The van der Waals surface area contributed by atoms with Crippen molar-refractivity contribution in [1.29, 1.82) is 0 Å². The number of carboxylic acid groups (broad SMARTS) is 1. The Morgan fingerprint density at radius 2 is 1.90 bits per heavy atom. The zero-order valence-corrected chi connectivity index (χ0v) is 13.1. The molecule has 0 heterocycles. The molecule has 2 aromatic carbocycles. The summed E-state index contributed by atoms with van der Waals surface area (Å²) >= 11 is 9.35. The molecule has 0 aliphatic rings. The minimum Gasteiger partial charge on any atom is -0.478 e. The molecule has 0 bridgehead atoms. The molecule has 0 radical (unpaired) electrons. The Labute approximate surface area is 130 Å². The number of carboxylic acids is 1. The fourth-order valence-corrected chi connectivity index (χ4v) is 2.39. The van der Waals surface area contributed by atoms with Crippen molar-refractivity contribution in [1.82, 2.24) is 0 Å². The summed E-state index contributed by atoms with van der Waals surface area (Å²) in [7, 11) is 0. The number of hydrogen-bond donors (Lipinski definition) is 2. The lowest BCUT2D eigenvalue weighted by atomic mass is 10.1. The van der Waals surface area contributed by atoms with Gasteiger partial charge in [-0.3, -0.25) is 0 Å². The molecule has 0 fully saturated rings. The van der Waals surface area contributed by atoms with E-state index < -0.39 is 5.97 Å². The van der Waals surface area contributed by atoms with Crippen molar-refractivity contribution in [3.05, 3.63) is 63.1 Å². The first-order chi connectivity index (χ1) is 9.47. The van der Waals surface area contributed by atoms with E-state index in [9.17, 15) is 4.79 Å². The van der Waals surface area contributed by atoms with Crippen molar-refractivity contribution in [2.45, 2.75) is 13.0 Å². The fraction of sp³-hybridized carbons (Fsp3) is 0.133. The van der Waals surface area contributed by atoms with Gasteiger partial charge in [0.05, 0.1) is 10.6 Å². The van der Waals surface area contributed by atoms with E-state index in [1.807, 2.05) is 31.2 Å². The van der Waals surface area contributed by atoms with Crippen molar-refractivity contribution in [3.63, 3.8) is 0 Å². The number of aromatic carboxylic acids is 1. The number of rotatable bonds is 4. The molecule has 0 aliphatic heterocycles.